The second-order valence-corrected chi connectivity index (χ2v) is 9.18. The maximum atomic E-state index is 12.1. The zero-order valence-electron chi connectivity index (χ0n) is 15.9. The molecule has 0 spiro atoms. The second-order valence-electron chi connectivity index (χ2n) is 6.11. The summed E-state index contributed by atoms with van der Waals surface area (Å²) in [5.41, 5.74) is 0. The molecule has 0 aromatic heterocycles. The van der Waals surface area contributed by atoms with Crippen molar-refractivity contribution in [3.05, 3.63) is 53.0 Å². The minimum atomic E-state index is -3.46. The molecular formula is C19H23BrN2O5S. The van der Waals surface area contributed by atoms with Crippen LogP contribution in [0.3, 0.4) is 0 Å². The lowest BCUT2D eigenvalue weighted by Gasteiger charge is -2.15. The Balaban J connectivity index is 1.76. The molecule has 0 saturated carbocycles. The number of halogens is 1. The number of hydrogen-bond donors (Lipinski definition) is 1. The smallest absolute Gasteiger partial charge is 0.260 e. The van der Waals surface area contributed by atoms with Gasteiger partial charge in [0.1, 0.15) is 18.1 Å². The Morgan fingerprint density at radius 3 is 2.21 bits per heavy atom. The van der Waals surface area contributed by atoms with Crippen molar-refractivity contribution in [3.63, 3.8) is 0 Å². The Hall–Kier alpha value is -2.10. The van der Waals surface area contributed by atoms with Crippen molar-refractivity contribution in [2.24, 2.45) is 0 Å². The summed E-state index contributed by atoms with van der Waals surface area (Å²) in [5.74, 6) is 0.875. The van der Waals surface area contributed by atoms with Crippen LogP contribution in [-0.2, 0) is 14.8 Å². The highest BCUT2D eigenvalue weighted by Gasteiger charge is 2.17. The molecule has 0 unspecified atom stereocenters. The van der Waals surface area contributed by atoms with E-state index in [1.165, 1.54) is 26.2 Å². The maximum Gasteiger partial charge on any atom is 0.260 e. The van der Waals surface area contributed by atoms with E-state index in [1.807, 2.05) is 12.1 Å². The van der Waals surface area contributed by atoms with Crippen LogP contribution in [-0.4, -0.2) is 52.0 Å². The van der Waals surface area contributed by atoms with Gasteiger partial charge in [0.25, 0.3) is 5.91 Å². The van der Waals surface area contributed by atoms with Crippen LogP contribution in [0.5, 0.6) is 11.5 Å². The molecule has 2 rings (SSSR count). The van der Waals surface area contributed by atoms with Gasteiger partial charge in [0.2, 0.25) is 10.0 Å². The highest BCUT2D eigenvalue weighted by atomic mass is 79.9. The molecule has 1 atom stereocenters. The Bertz CT molecular complexity index is 884. The molecule has 2 aromatic rings. The molecule has 9 heteroatoms. The molecule has 0 aliphatic carbocycles. The molecule has 7 nitrogen and oxygen atoms in total. The number of hydrogen-bond acceptors (Lipinski definition) is 5. The third-order valence-electron chi connectivity index (χ3n) is 3.77. The van der Waals surface area contributed by atoms with Crippen LogP contribution in [0.2, 0.25) is 0 Å². The first kappa shape index (κ1) is 22.2. The van der Waals surface area contributed by atoms with E-state index >= 15 is 0 Å². The predicted molar refractivity (Wildman–Crippen MR) is 110 cm³/mol. The fourth-order valence-electron chi connectivity index (χ4n) is 2.18. The number of nitrogens with one attached hydrogen (secondary N) is 1. The van der Waals surface area contributed by atoms with E-state index < -0.39 is 16.1 Å². The van der Waals surface area contributed by atoms with Crippen molar-refractivity contribution in [2.45, 2.75) is 17.9 Å². The van der Waals surface area contributed by atoms with Gasteiger partial charge in [-0.25, -0.2) is 12.7 Å². The van der Waals surface area contributed by atoms with Gasteiger partial charge in [-0.15, -0.1) is 0 Å². The molecule has 0 heterocycles. The summed E-state index contributed by atoms with van der Waals surface area (Å²) in [6.07, 6.45) is -0.642. The minimum Gasteiger partial charge on any atom is -0.492 e. The number of nitrogens with zero attached hydrogens (tertiary/aromatic N) is 1. The summed E-state index contributed by atoms with van der Waals surface area (Å²) in [6, 6.07) is 13.4. The first-order chi connectivity index (χ1) is 13.2. The Labute approximate surface area is 173 Å². The number of amides is 1. The zero-order valence-corrected chi connectivity index (χ0v) is 18.3. The lowest BCUT2D eigenvalue weighted by atomic mass is 10.3. The van der Waals surface area contributed by atoms with Gasteiger partial charge in [-0.1, -0.05) is 15.9 Å². The van der Waals surface area contributed by atoms with E-state index in [2.05, 4.69) is 21.2 Å². The molecule has 152 valence electrons. The largest absolute Gasteiger partial charge is 0.492 e. The van der Waals surface area contributed by atoms with Crippen molar-refractivity contribution in [1.29, 1.82) is 0 Å². The van der Waals surface area contributed by atoms with Gasteiger partial charge in [-0.05, 0) is 55.5 Å². The molecule has 0 aliphatic rings. The van der Waals surface area contributed by atoms with Gasteiger partial charge < -0.3 is 14.8 Å². The van der Waals surface area contributed by atoms with E-state index in [-0.39, 0.29) is 17.4 Å². The van der Waals surface area contributed by atoms with Crippen molar-refractivity contribution in [2.75, 3.05) is 27.2 Å². The molecule has 0 saturated heterocycles. The molecule has 0 bridgehead atoms. The summed E-state index contributed by atoms with van der Waals surface area (Å²) >= 11 is 3.34. The first-order valence-corrected chi connectivity index (χ1v) is 10.8. The number of ether oxygens (including phenoxy) is 2. The van der Waals surface area contributed by atoms with Gasteiger partial charge >= 0.3 is 0 Å². The molecule has 28 heavy (non-hydrogen) atoms. The summed E-state index contributed by atoms with van der Waals surface area (Å²) in [6.45, 7) is 2.21. The van der Waals surface area contributed by atoms with Crippen molar-refractivity contribution in [1.82, 2.24) is 9.62 Å². The van der Waals surface area contributed by atoms with Crippen LogP contribution >= 0.6 is 15.9 Å². The predicted octanol–water partition coefficient (Wildman–Crippen LogP) is 2.66. The van der Waals surface area contributed by atoms with Crippen LogP contribution in [0.15, 0.2) is 57.9 Å². The fourth-order valence-corrected chi connectivity index (χ4v) is 3.34. The lowest BCUT2D eigenvalue weighted by molar-refractivity contribution is -0.127. The third-order valence-corrected chi connectivity index (χ3v) is 6.13. The summed E-state index contributed by atoms with van der Waals surface area (Å²) in [4.78, 5) is 12.3. The summed E-state index contributed by atoms with van der Waals surface area (Å²) in [5, 5.41) is 2.73. The first-order valence-electron chi connectivity index (χ1n) is 8.55. The zero-order chi connectivity index (χ0) is 20.7. The lowest BCUT2D eigenvalue weighted by Crippen LogP contribution is -2.38. The average Bonchev–Trinajstić information content (AvgIpc) is 2.67. The van der Waals surface area contributed by atoms with E-state index in [9.17, 15) is 13.2 Å². The molecular weight excluding hydrogens is 448 g/mol. The average molecular weight is 471 g/mol. The molecule has 1 amide bonds. The van der Waals surface area contributed by atoms with Crippen LogP contribution in [0.1, 0.15) is 6.92 Å². The van der Waals surface area contributed by atoms with Crippen LogP contribution in [0.4, 0.5) is 0 Å². The van der Waals surface area contributed by atoms with Gasteiger partial charge in [0.05, 0.1) is 11.4 Å². The number of benzene rings is 2. The highest BCUT2D eigenvalue weighted by molar-refractivity contribution is 9.10. The number of rotatable bonds is 9. The van der Waals surface area contributed by atoms with Crippen LogP contribution in [0, 0.1) is 0 Å². The third kappa shape index (κ3) is 6.22. The molecule has 0 fully saturated rings. The number of carbonyl (C=O) groups is 1. The molecule has 2 aromatic carbocycles. The molecule has 0 radical (unpaired) electrons. The quantitative estimate of drug-likeness (QED) is 0.569. The van der Waals surface area contributed by atoms with Gasteiger partial charge in [0, 0.05) is 18.6 Å². The highest BCUT2D eigenvalue weighted by Crippen LogP contribution is 2.18. The van der Waals surface area contributed by atoms with Crippen molar-refractivity contribution in [3.8, 4) is 11.5 Å². The topological polar surface area (TPSA) is 84.9 Å². The fraction of sp³-hybridized carbons (Fsp3) is 0.316. The SMILES string of the molecule is C[C@H](Oc1ccc(Br)cc1)C(=O)NCCOc1ccc(S(=O)(=O)N(C)C)cc1. The maximum absolute atomic E-state index is 12.1. The van der Waals surface area contributed by atoms with E-state index in [4.69, 9.17) is 9.47 Å². The van der Waals surface area contributed by atoms with Gasteiger partial charge in [-0.2, -0.15) is 0 Å². The number of carbonyl (C=O) groups excluding carboxylic acids is 1. The summed E-state index contributed by atoms with van der Waals surface area (Å²) in [7, 11) is -0.512. The van der Waals surface area contributed by atoms with Crippen LogP contribution < -0.4 is 14.8 Å². The van der Waals surface area contributed by atoms with Gasteiger partial charge in [0.15, 0.2) is 6.10 Å². The van der Waals surface area contributed by atoms with E-state index in [1.54, 1.807) is 31.2 Å². The standard InChI is InChI=1S/C19H23BrN2O5S/c1-14(27-17-6-4-15(20)5-7-17)19(23)21-12-13-26-16-8-10-18(11-9-16)28(24,25)22(2)3/h4-11,14H,12-13H2,1-3H3,(H,21,23)/t14-/m0/s1. The van der Waals surface area contributed by atoms with E-state index in [0.717, 1.165) is 8.78 Å². The Morgan fingerprint density at radius 2 is 1.64 bits per heavy atom. The number of sulfonamides is 1. The molecule has 1 N–H and O–H groups in total. The second kappa shape index (κ2) is 9.90. The monoisotopic (exact) mass is 470 g/mol. The van der Waals surface area contributed by atoms with Crippen molar-refractivity contribution >= 4 is 31.9 Å². The van der Waals surface area contributed by atoms with Gasteiger partial charge in [-0.3, -0.25) is 4.79 Å². The van der Waals surface area contributed by atoms with Crippen molar-refractivity contribution < 1.29 is 22.7 Å². The Morgan fingerprint density at radius 1 is 1.07 bits per heavy atom. The normalized spacial score (nSPS) is 12.5. The van der Waals surface area contributed by atoms with E-state index in [0.29, 0.717) is 18.0 Å². The Kier molecular flexibility index (Phi) is 7.85. The summed E-state index contributed by atoms with van der Waals surface area (Å²) < 4.78 is 37.2. The molecule has 0 aliphatic heterocycles. The van der Waals surface area contributed by atoms with Crippen LogP contribution in [0.25, 0.3) is 0 Å². The minimum absolute atomic E-state index is 0.192.